The quantitative estimate of drug-likeness (QED) is 0.665. The molecule has 5 heteroatoms. The molecule has 1 aliphatic rings. The van der Waals surface area contributed by atoms with Crippen molar-refractivity contribution in [3.8, 4) is 0 Å². The van der Waals surface area contributed by atoms with E-state index in [2.05, 4.69) is 36.1 Å². The summed E-state index contributed by atoms with van der Waals surface area (Å²) in [7, 11) is 1.99. The second-order valence-corrected chi connectivity index (χ2v) is 5.14. The second-order valence-electron chi connectivity index (χ2n) is 5.14. The second kappa shape index (κ2) is 6.08. The summed E-state index contributed by atoms with van der Waals surface area (Å²) < 4.78 is 1.93. The van der Waals surface area contributed by atoms with E-state index in [9.17, 15) is 0 Å². The van der Waals surface area contributed by atoms with Crippen LogP contribution in [0.5, 0.6) is 0 Å². The number of likely N-dealkylation sites (tertiary alicyclic amines) is 1. The van der Waals surface area contributed by atoms with Crippen LogP contribution in [0.25, 0.3) is 0 Å². The van der Waals surface area contributed by atoms with Gasteiger partial charge in [-0.15, -0.1) is 0 Å². The highest BCUT2D eigenvalue weighted by molar-refractivity contribution is 5.80. The molecule has 0 spiro atoms. The highest BCUT2D eigenvalue weighted by atomic mass is 15.3. The van der Waals surface area contributed by atoms with E-state index in [1.54, 1.807) is 0 Å². The van der Waals surface area contributed by atoms with Crippen LogP contribution in [0, 0.1) is 13.8 Å². The molecule has 19 heavy (non-hydrogen) atoms. The number of aliphatic imine (C=N–C) groups is 1. The maximum atomic E-state index is 4.78. The molecule has 106 valence electrons. The number of guanidine groups is 1. The van der Waals surface area contributed by atoms with Gasteiger partial charge in [-0.3, -0.25) is 4.68 Å². The van der Waals surface area contributed by atoms with Crippen molar-refractivity contribution in [3.63, 3.8) is 0 Å². The molecule has 5 nitrogen and oxygen atoms in total. The van der Waals surface area contributed by atoms with Gasteiger partial charge in [0.2, 0.25) is 0 Å². The zero-order valence-electron chi connectivity index (χ0n) is 12.5. The van der Waals surface area contributed by atoms with Gasteiger partial charge in [0, 0.05) is 37.9 Å². The van der Waals surface area contributed by atoms with Gasteiger partial charge in [-0.1, -0.05) is 0 Å². The first kappa shape index (κ1) is 13.9. The standard InChI is InChI=1S/C14H25N5/c1-5-15-14(19-8-6-7-9-19)16-10-13-11(2)17-18(4)12(13)3/h5-10H2,1-4H3,(H,15,16). The summed E-state index contributed by atoms with van der Waals surface area (Å²) in [5, 5.41) is 7.83. The van der Waals surface area contributed by atoms with Gasteiger partial charge in [0.05, 0.1) is 12.2 Å². The predicted molar refractivity (Wildman–Crippen MR) is 78.3 cm³/mol. The number of aryl methyl sites for hydroxylation is 2. The van der Waals surface area contributed by atoms with Gasteiger partial charge in [-0.25, -0.2) is 4.99 Å². The van der Waals surface area contributed by atoms with Crippen LogP contribution in [-0.4, -0.2) is 40.3 Å². The smallest absolute Gasteiger partial charge is 0.194 e. The van der Waals surface area contributed by atoms with E-state index < -0.39 is 0 Å². The SMILES string of the molecule is CCNC(=NCc1c(C)nn(C)c1C)N1CCCC1. The van der Waals surface area contributed by atoms with Gasteiger partial charge < -0.3 is 10.2 Å². The van der Waals surface area contributed by atoms with E-state index in [4.69, 9.17) is 4.99 Å². The average Bonchev–Trinajstić information content (AvgIpc) is 2.97. The Morgan fingerprint density at radius 1 is 1.32 bits per heavy atom. The van der Waals surface area contributed by atoms with E-state index in [0.29, 0.717) is 6.54 Å². The summed E-state index contributed by atoms with van der Waals surface area (Å²) in [5.41, 5.74) is 3.54. The minimum absolute atomic E-state index is 0.713. The summed E-state index contributed by atoms with van der Waals surface area (Å²) >= 11 is 0. The predicted octanol–water partition coefficient (Wildman–Crippen LogP) is 1.60. The molecule has 1 aliphatic heterocycles. The number of aromatic nitrogens is 2. The zero-order valence-corrected chi connectivity index (χ0v) is 12.5. The van der Waals surface area contributed by atoms with E-state index in [-0.39, 0.29) is 0 Å². The van der Waals surface area contributed by atoms with Gasteiger partial charge in [0.25, 0.3) is 0 Å². The molecule has 0 radical (unpaired) electrons. The molecule has 0 unspecified atom stereocenters. The van der Waals surface area contributed by atoms with Gasteiger partial charge >= 0.3 is 0 Å². The molecule has 0 aromatic carbocycles. The van der Waals surface area contributed by atoms with Crippen LogP contribution in [0.1, 0.15) is 36.7 Å². The number of rotatable bonds is 3. The Balaban J connectivity index is 2.13. The lowest BCUT2D eigenvalue weighted by Gasteiger charge is -2.20. The molecule has 1 aromatic rings. The van der Waals surface area contributed by atoms with Crippen LogP contribution >= 0.6 is 0 Å². The summed E-state index contributed by atoms with van der Waals surface area (Å²) in [6.45, 7) is 10.2. The van der Waals surface area contributed by atoms with Crippen LogP contribution < -0.4 is 5.32 Å². The lowest BCUT2D eigenvalue weighted by atomic mass is 10.2. The number of nitrogens with one attached hydrogen (secondary N) is 1. The van der Waals surface area contributed by atoms with Gasteiger partial charge in [-0.2, -0.15) is 5.10 Å². The number of nitrogens with zero attached hydrogens (tertiary/aromatic N) is 4. The van der Waals surface area contributed by atoms with Gasteiger partial charge in [0.15, 0.2) is 5.96 Å². The monoisotopic (exact) mass is 263 g/mol. The molecule has 0 bridgehead atoms. The molecule has 1 fully saturated rings. The summed E-state index contributed by atoms with van der Waals surface area (Å²) in [6, 6.07) is 0. The lowest BCUT2D eigenvalue weighted by molar-refractivity contribution is 0.493. The van der Waals surface area contributed by atoms with E-state index >= 15 is 0 Å². The molecule has 2 rings (SSSR count). The molecule has 0 atom stereocenters. The Kier molecular flexibility index (Phi) is 4.45. The Morgan fingerprint density at radius 2 is 2.00 bits per heavy atom. The van der Waals surface area contributed by atoms with Crippen molar-refractivity contribution in [3.05, 3.63) is 17.0 Å². The fourth-order valence-electron chi connectivity index (χ4n) is 2.55. The minimum atomic E-state index is 0.713. The largest absolute Gasteiger partial charge is 0.357 e. The van der Waals surface area contributed by atoms with Gasteiger partial charge in [-0.05, 0) is 33.6 Å². The minimum Gasteiger partial charge on any atom is -0.357 e. The van der Waals surface area contributed by atoms with Crippen molar-refractivity contribution in [2.45, 2.75) is 40.2 Å². The van der Waals surface area contributed by atoms with Crippen molar-refractivity contribution in [2.24, 2.45) is 12.0 Å². The van der Waals surface area contributed by atoms with E-state index in [0.717, 1.165) is 31.3 Å². The summed E-state index contributed by atoms with van der Waals surface area (Å²) in [6.07, 6.45) is 2.55. The third-order valence-electron chi connectivity index (χ3n) is 3.79. The van der Waals surface area contributed by atoms with Crippen LogP contribution in [0.3, 0.4) is 0 Å². The fourth-order valence-corrected chi connectivity index (χ4v) is 2.55. The summed E-state index contributed by atoms with van der Waals surface area (Å²) in [4.78, 5) is 7.13. The molecule has 1 aromatic heterocycles. The molecule has 0 saturated carbocycles. The molecule has 2 heterocycles. The third-order valence-corrected chi connectivity index (χ3v) is 3.79. The van der Waals surface area contributed by atoms with Crippen LogP contribution in [-0.2, 0) is 13.6 Å². The molecular weight excluding hydrogens is 238 g/mol. The highest BCUT2D eigenvalue weighted by Crippen LogP contribution is 2.14. The number of hydrogen-bond acceptors (Lipinski definition) is 2. The first-order valence-corrected chi connectivity index (χ1v) is 7.15. The maximum absolute atomic E-state index is 4.78. The Morgan fingerprint density at radius 3 is 2.53 bits per heavy atom. The van der Waals surface area contributed by atoms with Crippen molar-refractivity contribution in [1.82, 2.24) is 20.0 Å². The Labute approximate surface area is 115 Å². The first-order chi connectivity index (χ1) is 9.13. The maximum Gasteiger partial charge on any atom is 0.194 e. The fraction of sp³-hybridized carbons (Fsp3) is 0.714. The molecule has 0 amide bonds. The number of hydrogen-bond donors (Lipinski definition) is 1. The Hall–Kier alpha value is -1.52. The van der Waals surface area contributed by atoms with Crippen LogP contribution in [0.15, 0.2) is 4.99 Å². The van der Waals surface area contributed by atoms with Crippen molar-refractivity contribution in [1.29, 1.82) is 0 Å². The summed E-state index contributed by atoms with van der Waals surface area (Å²) in [5.74, 6) is 1.04. The zero-order chi connectivity index (χ0) is 13.8. The average molecular weight is 263 g/mol. The van der Waals surface area contributed by atoms with Crippen molar-refractivity contribution in [2.75, 3.05) is 19.6 Å². The lowest BCUT2D eigenvalue weighted by Crippen LogP contribution is -2.39. The topological polar surface area (TPSA) is 45.5 Å². The van der Waals surface area contributed by atoms with Crippen molar-refractivity contribution < 1.29 is 0 Å². The van der Waals surface area contributed by atoms with Crippen LogP contribution in [0.4, 0.5) is 0 Å². The molecule has 1 N–H and O–H groups in total. The van der Waals surface area contributed by atoms with Crippen LogP contribution in [0.2, 0.25) is 0 Å². The molecular formula is C14H25N5. The van der Waals surface area contributed by atoms with E-state index in [1.807, 2.05) is 11.7 Å². The van der Waals surface area contributed by atoms with Crippen molar-refractivity contribution >= 4 is 5.96 Å². The normalized spacial score (nSPS) is 16.2. The molecule has 0 aliphatic carbocycles. The van der Waals surface area contributed by atoms with Gasteiger partial charge in [0.1, 0.15) is 0 Å². The van der Waals surface area contributed by atoms with E-state index in [1.165, 1.54) is 24.1 Å². The Bertz CT molecular complexity index is 455. The third kappa shape index (κ3) is 3.08. The highest BCUT2D eigenvalue weighted by Gasteiger charge is 2.16. The molecule has 1 saturated heterocycles. The first-order valence-electron chi connectivity index (χ1n) is 7.15.